The van der Waals surface area contributed by atoms with E-state index in [1.165, 1.54) is 18.9 Å². The largest absolute Gasteiger partial charge is 0.504 e. The third-order valence-electron chi connectivity index (χ3n) is 4.38. The number of aromatic hydroxyl groups is 1. The minimum absolute atomic E-state index is 0.0266. The third-order valence-corrected chi connectivity index (χ3v) is 5.80. The fourth-order valence-electron chi connectivity index (χ4n) is 2.97. The molecule has 1 fully saturated rings. The van der Waals surface area contributed by atoms with Crippen LogP contribution < -0.4 is 9.64 Å². The van der Waals surface area contributed by atoms with Gasteiger partial charge in [0.15, 0.2) is 16.7 Å². The van der Waals surface area contributed by atoms with Gasteiger partial charge in [-0.2, -0.15) is 0 Å². The number of anilines is 1. The molecule has 0 aromatic heterocycles. The van der Waals surface area contributed by atoms with Crippen LogP contribution in [0.15, 0.2) is 87.2 Å². The lowest BCUT2D eigenvalue weighted by molar-refractivity contribution is -0.113. The van der Waals surface area contributed by atoms with Gasteiger partial charge < -0.3 is 9.84 Å². The zero-order chi connectivity index (χ0) is 21.1. The molecule has 1 amide bonds. The van der Waals surface area contributed by atoms with E-state index >= 15 is 0 Å². The van der Waals surface area contributed by atoms with Gasteiger partial charge in [0.25, 0.3) is 5.91 Å². The Morgan fingerprint density at radius 3 is 2.40 bits per heavy atom. The number of benzene rings is 3. The molecule has 1 heterocycles. The maximum Gasteiger partial charge on any atom is 0.271 e. The van der Waals surface area contributed by atoms with Crippen LogP contribution in [0.25, 0.3) is 6.08 Å². The second-order valence-corrected chi connectivity index (χ2v) is 8.29. The number of rotatable bonds is 4. The van der Waals surface area contributed by atoms with Gasteiger partial charge in [-0.25, -0.2) is 4.99 Å². The van der Waals surface area contributed by atoms with Crippen molar-refractivity contribution < 1.29 is 14.6 Å². The molecule has 0 saturated carbocycles. The van der Waals surface area contributed by atoms with Crippen molar-refractivity contribution in [2.24, 2.45) is 4.99 Å². The van der Waals surface area contributed by atoms with Crippen LogP contribution in [-0.4, -0.2) is 23.3 Å². The fourth-order valence-corrected chi connectivity index (χ4v) is 4.41. The van der Waals surface area contributed by atoms with Crippen LogP contribution in [0.4, 0.5) is 11.4 Å². The summed E-state index contributed by atoms with van der Waals surface area (Å²) in [5, 5.41) is 11.0. The summed E-state index contributed by atoms with van der Waals surface area (Å²) in [5.41, 5.74) is 1.96. The quantitative estimate of drug-likeness (QED) is 0.467. The van der Waals surface area contributed by atoms with E-state index in [2.05, 4.69) is 20.9 Å². The minimum Gasteiger partial charge on any atom is -0.504 e. The Hall–Kier alpha value is -3.03. The molecule has 150 valence electrons. The van der Waals surface area contributed by atoms with Gasteiger partial charge >= 0.3 is 0 Å². The highest BCUT2D eigenvalue weighted by atomic mass is 79.9. The minimum atomic E-state index is -0.209. The van der Waals surface area contributed by atoms with Crippen molar-refractivity contribution in [2.75, 3.05) is 12.0 Å². The molecular weight excluding hydrogens is 464 g/mol. The predicted molar refractivity (Wildman–Crippen MR) is 125 cm³/mol. The van der Waals surface area contributed by atoms with Gasteiger partial charge in [-0.1, -0.05) is 52.3 Å². The van der Waals surface area contributed by atoms with Crippen LogP contribution in [0.2, 0.25) is 0 Å². The molecular formula is C23H17BrN2O3S. The molecule has 3 aromatic carbocycles. The number of carbonyl (C=O) groups excluding carboxylic acids is 1. The highest BCUT2D eigenvalue weighted by Gasteiger charge is 2.35. The fraction of sp³-hybridized carbons (Fsp3) is 0.0435. The Morgan fingerprint density at radius 1 is 1.07 bits per heavy atom. The molecule has 0 spiro atoms. The third kappa shape index (κ3) is 4.13. The van der Waals surface area contributed by atoms with Gasteiger partial charge in [0.05, 0.1) is 23.4 Å². The number of halogens is 1. The summed E-state index contributed by atoms with van der Waals surface area (Å²) in [5.74, 6) is 0.0882. The molecule has 4 rings (SSSR count). The Balaban J connectivity index is 1.80. The lowest BCUT2D eigenvalue weighted by atomic mass is 10.1. The van der Waals surface area contributed by atoms with Crippen molar-refractivity contribution in [1.29, 1.82) is 0 Å². The number of nitrogens with zero attached hydrogens (tertiary/aromatic N) is 2. The van der Waals surface area contributed by atoms with Gasteiger partial charge in [0.2, 0.25) is 0 Å². The summed E-state index contributed by atoms with van der Waals surface area (Å²) in [6, 6.07) is 22.3. The van der Waals surface area contributed by atoms with E-state index in [1.807, 2.05) is 60.7 Å². The second kappa shape index (κ2) is 8.77. The van der Waals surface area contributed by atoms with E-state index in [0.717, 1.165) is 15.8 Å². The van der Waals surface area contributed by atoms with E-state index in [-0.39, 0.29) is 11.7 Å². The molecule has 7 heteroatoms. The molecule has 3 aromatic rings. The Bertz CT molecular complexity index is 1150. The monoisotopic (exact) mass is 480 g/mol. The van der Waals surface area contributed by atoms with Crippen molar-refractivity contribution in [2.45, 2.75) is 0 Å². The molecule has 1 saturated heterocycles. The Labute approximate surface area is 186 Å². The molecule has 1 aliphatic rings. The van der Waals surface area contributed by atoms with Crippen LogP contribution >= 0.6 is 27.7 Å². The molecule has 0 atom stereocenters. The maximum atomic E-state index is 13.3. The number of phenols is 1. The molecule has 5 nitrogen and oxygen atoms in total. The van der Waals surface area contributed by atoms with E-state index in [4.69, 9.17) is 4.74 Å². The van der Waals surface area contributed by atoms with E-state index < -0.39 is 0 Å². The molecule has 0 unspecified atom stereocenters. The molecule has 0 radical (unpaired) electrons. The van der Waals surface area contributed by atoms with Crippen LogP contribution in [0.3, 0.4) is 0 Å². The van der Waals surface area contributed by atoms with Gasteiger partial charge in [-0.05, 0) is 54.2 Å². The first-order chi connectivity index (χ1) is 14.6. The number of phenolic OH excluding ortho intramolecular Hbond substituents is 1. The van der Waals surface area contributed by atoms with Crippen molar-refractivity contribution in [3.63, 3.8) is 0 Å². The molecule has 0 bridgehead atoms. The van der Waals surface area contributed by atoms with E-state index in [1.54, 1.807) is 23.1 Å². The van der Waals surface area contributed by atoms with Crippen molar-refractivity contribution in [3.05, 3.63) is 87.7 Å². The number of hydrogen-bond acceptors (Lipinski definition) is 5. The van der Waals surface area contributed by atoms with E-state index in [0.29, 0.717) is 21.4 Å². The lowest BCUT2D eigenvalue weighted by Gasteiger charge is -2.15. The Morgan fingerprint density at radius 2 is 1.73 bits per heavy atom. The van der Waals surface area contributed by atoms with Crippen LogP contribution in [-0.2, 0) is 4.79 Å². The zero-order valence-electron chi connectivity index (χ0n) is 15.9. The summed E-state index contributed by atoms with van der Waals surface area (Å²) in [6.07, 6.45) is 1.65. The highest BCUT2D eigenvalue weighted by molar-refractivity contribution is 9.10. The van der Waals surface area contributed by atoms with Crippen LogP contribution in [0.5, 0.6) is 11.5 Å². The summed E-state index contributed by atoms with van der Waals surface area (Å²) in [6.45, 7) is 0. The van der Waals surface area contributed by atoms with Gasteiger partial charge in [0, 0.05) is 10.0 Å². The maximum absolute atomic E-state index is 13.3. The van der Waals surface area contributed by atoms with Crippen molar-refractivity contribution in [1.82, 2.24) is 0 Å². The SMILES string of the molecule is COc1cc(Br)cc(/C=C2\SC(=Nc3ccccc3)N(c3ccccc3)C2=O)c1O. The first kappa shape index (κ1) is 20.3. The average molecular weight is 481 g/mol. The number of aliphatic imine (C=N–C) groups is 1. The number of methoxy groups -OCH3 is 1. The van der Waals surface area contributed by atoms with E-state index in [9.17, 15) is 9.90 Å². The number of ether oxygens (including phenoxy) is 1. The number of amides is 1. The van der Waals surface area contributed by atoms with Gasteiger partial charge in [-0.15, -0.1) is 0 Å². The first-order valence-corrected chi connectivity index (χ1v) is 10.7. The number of hydrogen-bond donors (Lipinski definition) is 1. The summed E-state index contributed by atoms with van der Waals surface area (Å²) >= 11 is 4.67. The molecule has 1 N–H and O–H groups in total. The number of amidine groups is 1. The number of para-hydroxylation sites is 2. The smallest absolute Gasteiger partial charge is 0.271 e. The molecule has 0 aliphatic carbocycles. The average Bonchev–Trinajstić information content (AvgIpc) is 3.06. The number of thioether (sulfide) groups is 1. The van der Waals surface area contributed by atoms with Crippen molar-refractivity contribution in [3.8, 4) is 11.5 Å². The lowest BCUT2D eigenvalue weighted by Crippen LogP contribution is -2.28. The summed E-state index contributed by atoms with van der Waals surface area (Å²) in [4.78, 5) is 20.0. The highest BCUT2D eigenvalue weighted by Crippen LogP contribution is 2.40. The van der Waals surface area contributed by atoms with Crippen LogP contribution in [0.1, 0.15) is 5.56 Å². The van der Waals surface area contributed by atoms with Gasteiger partial charge in [0.1, 0.15) is 0 Å². The second-order valence-electron chi connectivity index (χ2n) is 6.36. The van der Waals surface area contributed by atoms with Gasteiger partial charge in [-0.3, -0.25) is 9.69 Å². The van der Waals surface area contributed by atoms with Crippen LogP contribution in [0, 0.1) is 0 Å². The van der Waals surface area contributed by atoms with Crippen molar-refractivity contribution >= 4 is 56.2 Å². The zero-order valence-corrected chi connectivity index (χ0v) is 18.4. The predicted octanol–water partition coefficient (Wildman–Crippen LogP) is 5.97. The topological polar surface area (TPSA) is 62.1 Å². The molecule has 1 aliphatic heterocycles. The number of carbonyl (C=O) groups is 1. The summed E-state index contributed by atoms with van der Waals surface area (Å²) < 4.78 is 5.95. The first-order valence-electron chi connectivity index (χ1n) is 9.06. The normalized spacial score (nSPS) is 16.5. The summed E-state index contributed by atoms with van der Waals surface area (Å²) in [7, 11) is 1.48. The standard InChI is InChI=1S/C23H17BrN2O3S/c1-29-19-14-16(24)12-15(21(19)27)13-20-22(28)26(18-10-6-3-7-11-18)23(30-20)25-17-8-4-2-5-9-17/h2-14,27H,1H3/b20-13-,25-23?. The Kier molecular flexibility index (Phi) is 5.92. The molecule has 30 heavy (non-hydrogen) atoms.